The Balaban J connectivity index is 0.000000189. The molecule has 0 bridgehead atoms. The van der Waals surface area contributed by atoms with Crippen molar-refractivity contribution in [2.24, 2.45) is 0 Å². The van der Waals surface area contributed by atoms with Gasteiger partial charge in [-0.25, -0.2) is 37.5 Å². The third kappa shape index (κ3) is 25.0. The standard InChI is InChI=1S/C35H30F4N4.C34H31F4N5.C24H27Br2N3.C5H4BF2NO2.Pt/c1-34(2,3)21-17-20(18-22(19-21)35(4,5)6)31(27-11-7-9-25(40-27)23-13-15-29(36)42-32(23)38)28-12-8-10-26(41-28)24-14-16-30(37)43-33(24)39;1-33(2,3)20-17-21(34(4,5)6)19-22(18-20)43(29-11-7-9-25(39-29)23-13-15-27(35)41-31(23)37)30-12-8-10-26(40-30)24-14-16-28(36)42-32(24)38;1-23(2,3)16-13-17(24(4,5)6)15-18(14-16)29(21-11-7-9-19(25)27-21)22-12-8-10-20(26)28-22;7-4-2-1-3(6(10)11)5(8)9-4;/h7-12,15-19,31H,1-6H3;7-19H,1-6H3;7-15H,1-6H3;1-2,10-11H;/q-2;;;;+2. The maximum atomic E-state index is 14.7. The van der Waals surface area contributed by atoms with Crippen LogP contribution in [-0.4, -0.2) is 72.0 Å². The van der Waals surface area contributed by atoms with Crippen molar-refractivity contribution in [3.8, 4) is 45.0 Å². The fourth-order valence-electron chi connectivity index (χ4n) is 13.0. The van der Waals surface area contributed by atoms with Crippen molar-refractivity contribution in [2.45, 2.75) is 163 Å². The van der Waals surface area contributed by atoms with Crippen molar-refractivity contribution >= 4 is 79.1 Å². The van der Waals surface area contributed by atoms with Crippen LogP contribution in [0.15, 0.2) is 222 Å². The van der Waals surface area contributed by atoms with Crippen molar-refractivity contribution in [2.75, 3.05) is 9.80 Å². The Bertz CT molecular complexity index is 5700. The molecule has 0 atom stereocenters. The van der Waals surface area contributed by atoms with Crippen molar-refractivity contribution in [1.29, 1.82) is 0 Å². The van der Waals surface area contributed by atoms with Crippen LogP contribution in [0.3, 0.4) is 0 Å². The Morgan fingerprint density at radius 3 is 0.906 bits per heavy atom. The molecule has 2 N–H and O–H groups in total. The van der Waals surface area contributed by atoms with Gasteiger partial charge in [0.1, 0.15) is 56.3 Å². The molecule has 11 heterocycles. The fourth-order valence-corrected chi connectivity index (χ4v) is 13.7. The van der Waals surface area contributed by atoms with E-state index in [9.17, 15) is 43.9 Å². The molecule has 0 aliphatic carbocycles. The molecule has 0 unspecified atom stereocenters. The molecule has 0 saturated heterocycles. The second-order valence-corrected chi connectivity index (χ2v) is 37.5. The number of halogens is 12. The molecular formula is C98H92BBr2F10N13O2Pt. The molecule has 658 valence electrons. The molecule has 0 spiro atoms. The quantitative estimate of drug-likeness (QED) is 0.0452. The number of benzene rings is 3. The van der Waals surface area contributed by atoms with Crippen molar-refractivity contribution < 1.29 is 75.0 Å². The zero-order valence-corrected chi connectivity index (χ0v) is 78.4. The monoisotopic (exact) mass is 2040 g/mol. The number of hydrogen-bond donors (Lipinski definition) is 2. The van der Waals surface area contributed by atoms with Gasteiger partial charge in [0.05, 0.1) is 28.4 Å². The summed E-state index contributed by atoms with van der Waals surface area (Å²) in [5.74, 6) is -8.25. The minimum atomic E-state index is -1.96. The zero-order chi connectivity index (χ0) is 92.0. The first kappa shape index (κ1) is 98.0. The van der Waals surface area contributed by atoms with Gasteiger partial charge >= 0.3 is 28.2 Å². The van der Waals surface area contributed by atoms with E-state index < -0.39 is 78.0 Å². The molecule has 0 aliphatic rings. The van der Waals surface area contributed by atoms with Crippen LogP contribution in [0.4, 0.5) is 78.6 Å². The SMILES string of the molecule is CC(C)(C)c1cc(C(c2cccc(-c3[c-]cc(F)nc3F)n2)c2cccc(-c3[c-]cc(F)nc3F)n2)cc(C(C)(C)C)c1.CC(C)(C)c1cc(N(c2cccc(-c3ccc(F)nc3F)n2)c2cccc(-c3ccc(F)nc3F)n2)cc(C(C)(C)C)c1.CC(C)(C)c1cc(N(c2cccc(Br)n2)c2cccc(Br)n2)cc(C(C)(C)C)c1.OB(O)c1ccc(F)nc1F.[Pt+2]. The Hall–Kier alpha value is -11.2. The van der Waals surface area contributed by atoms with Crippen LogP contribution in [0.5, 0.6) is 0 Å². The summed E-state index contributed by atoms with van der Waals surface area (Å²) < 4.78 is 139. The fraction of sp³-hybridized carbons (Fsp3) is 0.255. The van der Waals surface area contributed by atoms with Crippen LogP contribution in [0.2, 0.25) is 0 Å². The van der Waals surface area contributed by atoms with Crippen LogP contribution in [-0.2, 0) is 53.6 Å². The normalized spacial score (nSPS) is 11.8. The van der Waals surface area contributed by atoms with E-state index in [1.807, 2.05) is 48.5 Å². The third-order valence-corrected chi connectivity index (χ3v) is 20.9. The number of aromatic nitrogens is 11. The number of nitrogens with zero attached hydrogens (tertiary/aromatic N) is 13. The molecule has 15 nitrogen and oxygen atoms in total. The van der Waals surface area contributed by atoms with Gasteiger partial charge in [-0.3, -0.25) is 19.8 Å². The molecule has 3 aromatic carbocycles. The van der Waals surface area contributed by atoms with Gasteiger partial charge in [0.25, 0.3) is 0 Å². The first-order valence-corrected chi connectivity index (χ1v) is 41.6. The molecular weight excluding hydrogens is 1950 g/mol. The van der Waals surface area contributed by atoms with Gasteiger partial charge in [0.15, 0.2) is 0 Å². The molecule has 0 aliphatic heterocycles. The zero-order valence-electron chi connectivity index (χ0n) is 72.9. The van der Waals surface area contributed by atoms with Gasteiger partial charge in [-0.15, -0.1) is 12.1 Å². The summed E-state index contributed by atoms with van der Waals surface area (Å²) >= 11 is 7.03. The van der Waals surface area contributed by atoms with Crippen LogP contribution < -0.4 is 15.3 Å². The Kier molecular flexibility index (Phi) is 30.9. The first-order chi connectivity index (χ1) is 59.0. The maximum absolute atomic E-state index is 14.7. The second-order valence-electron chi connectivity index (χ2n) is 35.9. The number of anilines is 6. The van der Waals surface area contributed by atoms with E-state index in [0.717, 1.165) is 96.4 Å². The number of rotatable bonds is 14. The molecule has 0 amide bonds. The molecule has 127 heavy (non-hydrogen) atoms. The molecule has 14 aromatic rings. The van der Waals surface area contributed by atoms with Crippen molar-refractivity contribution in [1.82, 2.24) is 54.8 Å². The predicted octanol–water partition coefficient (Wildman–Crippen LogP) is 24.9. The average molecular weight is 2040 g/mol. The van der Waals surface area contributed by atoms with Crippen LogP contribution in [0.1, 0.15) is 181 Å². The van der Waals surface area contributed by atoms with Gasteiger partial charge in [-0.1, -0.05) is 233 Å². The van der Waals surface area contributed by atoms with Gasteiger partial charge < -0.3 is 20.0 Å². The van der Waals surface area contributed by atoms with Gasteiger partial charge in [-0.05, 0) is 230 Å². The van der Waals surface area contributed by atoms with E-state index in [1.165, 1.54) is 23.3 Å². The smallest absolute Gasteiger partial charge is 0.423 e. The van der Waals surface area contributed by atoms with Crippen LogP contribution in [0.25, 0.3) is 45.0 Å². The van der Waals surface area contributed by atoms with Crippen LogP contribution >= 0.6 is 31.9 Å². The van der Waals surface area contributed by atoms with Crippen LogP contribution in [0, 0.1) is 71.6 Å². The topological polar surface area (TPSA) is 189 Å². The largest absolute Gasteiger partial charge is 2.00 e. The summed E-state index contributed by atoms with van der Waals surface area (Å²) in [6.07, 6.45) is 0. The summed E-state index contributed by atoms with van der Waals surface area (Å²) in [5, 5.41) is 16.9. The number of hydrogen-bond acceptors (Lipinski definition) is 15. The summed E-state index contributed by atoms with van der Waals surface area (Å²) in [6.45, 7) is 39.0. The van der Waals surface area contributed by atoms with E-state index in [4.69, 9.17) is 40.0 Å². The van der Waals surface area contributed by atoms with Crippen molar-refractivity contribution in [3.63, 3.8) is 0 Å². The summed E-state index contributed by atoms with van der Waals surface area (Å²) in [6, 6.07) is 65.3. The summed E-state index contributed by atoms with van der Waals surface area (Å²) in [7, 11) is -1.96. The Morgan fingerprint density at radius 1 is 0.307 bits per heavy atom. The molecule has 0 saturated carbocycles. The van der Waals surface area contributed by atoms with E-state index in [1.54, 1.807) is 77.7 Å². The first-order valence-electron chi connectivity index (χ1n) is 40.0. The minimum absolute atomic E-state index is 0. The molecule has 29 heteroatoms. The van der Waals surface area contributed by atoms with Crippen molar-refractivity contribution in [3.05, 3.63) is 343 Å². The second kappa shape index (κ2) is 40.0. The Morgan fingerprint density at radius 2 is 0.598 bits per heavy atom. The van der Waals surface area contributed by atoms with E-state index in [-0.39, 0.29) is 98.6 Å². The Labute approximate surface area is 765 Å². The molecule has 11 aromatic heterocycles. The predicted molar refractivity (Wildman–Crippen MR) is 481 cm³/mol. The minimum Gasteiger partial charge on any atom is -0.423 e. The van der Waals surface area contributed by atoms with E-state index in [2.05, 4.69) is 241 Å². The number of pyridine rings is 11. The van der Waals surface area contributed by atoms with Gasteiger partial charge in [0, 0.05) is 28.2 Å². The average Bonchev–Trinajstić information content (AvgIpc) is 0.776. The third-order valence-electron chi connectivity index (χ3n) is 20.1. The van der Waals surface area contributed by atoms with Gasteiger partial charge in [-0.2, -0.15) is 41.3 Å². The van der Waals surface area contributed by atoms with Gasteiger partial charge in [0.2, 0.25) is 35.7 Å². The summed E-state index contributed by atoms with van der Waals surface area (Å²) in [4.78, 5) is 48.4. The molecule has 0 fully saturated rings. The maximum Gasteiger partial charge on any atom is 2.00 e. The molecule has 0 radical (unpaired) electrons. The van der Waals surface area contributed by atoms with E-state index >= 15 is 0 Å². The van der Waals surface area contributed by atoms with E-state index in [0.29, 0.717) is 23.0 Å². The summed E-state index contributed by atoms with van der Waals surface area (Å²) in [5.41, 5.74) is 10.2. The molecule has 14 rings (SSSR count).